The molecule has 0 amide bonds. The van der Waals surface area contributed by atoms with Gasteiger partial charge in [-0.15, -0.1) is 11.6 Å². The first kappa shape index (κ1) is 14.2. The highest BCUT2D eigenvalue weighted by molar-refractivity contribution is 6.18. The van der Waals surface area contributed by atoms with Gasteiger partial charge in [-0.2, -0.15) is 0 Å². The molecule has 16 heavy (non-hydrogen) atoms. The first-order valence-electron chi connectivity index (χ1n) is 6.01. The first-order valence-corrected chi connectivity index (χ1v) is 6.54. The highest BCUT2D eigenvalue weighted by Crippen LogP contribution is 2.28. The monoisotopic (exact) mass is 248 g/mol. The van der Waals surface area contributed by atoms with Crippen LogP contribution in [0.2, 0.25) is 0 Å². The average Bonchev–Trinajstić information content (AvgIpc) is 2.09. The number of hydrogen-bond donors (Lipinski definition) is 3. The summed E-state index contributed by atoms with van der Waals surface area (Å²) in [5, 5.41) is 16.5. The summed E-state index contributed by atoms with van der Waals surface area (Å²) in [5.74, 6) is 0.296. The number of aliphatic hydroxyl groups is 1. The van der Waals surface area contributed by atoms with Crippen LogP contribution in [0.25, 0.3) is 0 Å². The molecule has 0 aromatic heterocycles. The summed E-state index contributed by atoms with van der Waals surface area (Å²) < 4.78 is 0. The molecule has 0 saturated carbocycles. The smallest absolute Gasteiger partial charge is 0.0799 e. The lowest BCUT2D eigenvalue weighted by molar-refractivity contribution is 0.129. The molecule has 1 aliphatic rings. The van der Waals surface area contributed by atoms with Crippen molar-refractivity contribution in [3.8, 4) is 0 Å². The number of halogens is 1. The molecular weight excluding hydrogens is 224 g/mol. The van der Waals surface area contributed by atoms with Gasteiger partial charge in [-0.3, -0.25) is 0 Å². The third kappa shape index (κ3) is 4.58. The second-order valence-corrected chi connectivity index (χ2v) is 6.52. The SMILES string of the molecule is CC1(C)CC(NCC(O)CCl)CC(C)(C)N1. The Labute approximate surface area is 104 Å². The largest absolute Gasteiger partial charge is 0.391 e. The molecule has 0 aliphatic carbocycles. The zero-order valence-electron chi connectivity index (χ0n) is 10.8. The molecule has 1 heterocycles. The molecule has 1 unspecified atom stereocenters. The Balaban J connectivity index is 2.48. The van der Waals surface area contributed by atoms with Crippen LogP contribution in [0.5, 0.6) is 0 Å². The summed E-state index contributed by atoms with van der Waals surface area (Å²) in [6, 6.07) is 0.448. The third-order valence-electron chi connectivity index (χ3n) is 3.01. The molecule has 3 nitrogen and oxygen atoms in total. The van der Waals surface area contributed by atoms with Crippen molar-refractivity contribution in [1.29, 1.82) is 0 Å². The van der Waals surface area contributed by atoms with E-state index in [1.807, 2.05) is 0 Å². The zero-order chi connectivity index (χ0) is 12.4. The van der Waals surface area contributed by atoms with E-state index in [1.54, 1.807) is 0 Å². The minimum Gasteiger partial charge on any atom is -0.391 e. The number of nitrogens with one attached hydrogen (secondary N) is 2. The minimum absolute atomic E-state index is 0.144. The minimum atomic E-state index is -0.442. The Kier molecular flexibility index (Phi) is 4.64. The maximum absolute atomic E-state index is 9.44. The molecule has 1 fully saturated rings. The molecule has 96 valence electrons. The van der Waals surface area contributed by atoms with Gasteiger partial charge in [-0.05, 0) is 40.5 Å². The number of alkyl halides is 1. The molecule has 0 bridgehead atoms. The van der Waals surface area contributed by atoms with E-state index >= 15 is 0 Å². The molecule has 1 atom stereocenters. The number of aliphatic hydroxyl groups excluding tert-OH is 1. The van der Waals surface area contributed by atoms with Gasteiger partial charge in [-0.25, -0.2) is 0 Å². The lowest BCUT2D eigenvalue weighted by Crippen LogP contribution is -2.62. The van der Waals surface area contributed by atoms with Crippen molar-refractivity contribution in [2.24, 2.45) is 0 Å². The van der Waals surface area contributed by atoms with E-state index in [0.29, 0.717) is 18.5 Å². The topological polar surface area (TPSA) is 44.3 Å². The van der Waals surface area contributed by atoms with Crippen LogP contribution < -0.4 is 10.6 Å². The van der Waals surface area contributed by atoms with Crippen LogP contribution in [0.4, 0.5) is 0 Å². The van der Waals surface area contributed by atoms with Gasteiger partial charge >= 0.3 is 0 Å². The lowest BCUT2D eigenvalue weighted by atomic mass is 9.79. The van der Waals surface area contributed by atoms with Crippen molar-refractivity contribution in [1.82, 2.24) is 10.6 Å². The second kappa shape index (κ2) is 5.21. The highest BCUT2D eigenvalue weighted by atomic mass is 35.5. The summed E-state index contributed by atoms with van der Waals surface area (Å²) in [5.41, 5.74) is 0.288. The lowest BCUT2D eigenvalue weighted by Gasteiger charge is -2.47. The van der Waals surface area contributed by atoms with Gasteiger partial charge in [0.05, 0.1) is 6.10 Å². The van der Waals surface area contributed by atoms with Gasteiger partial charge in [0.25, 0.3) is 0 Å². The van der Waals surface area contributed by atoms with Crippen molar-refractivity contribution in [2.45, 2.75) is 63.8 Å². The predicted octanol–water partition coefficient (Wildman–Crippen LogP) is 1.48. The Morgan fingerprint density at radius 3 is 2.25 bits per heavy atom. The second-order valence-electron chi connectivity index (χ2n) is 6.21. The fourth-order valence-corrected chi connectivity index (χ4v) is 2.93. The normalized spacial score (nSPS) is 26.6. The van der Waals surface area contributed by atoms with Gasteiger partial charge < -0.3 is 15.7 Å². The highest BCUT2D eigenvalue weighted by Gasteiger charge is 2.37. The zero-order valence-corrected chi connectivity index (χ0v) is 11.6. The van der Waals surface area contributed by atoms with E-state index in [4.69, 9.17) is 11.6 Å². The van der Waals surface area contributed by atoms with E-state index in [-0.39, 0.29) is 11.1 Å². The van der Waals surface area contributed by atoms with Crippen LogP contribution in [0.15, 0.2) is 0 Å². The summed E-state index contributed by atoms with van der Waals surface area (Å²) in [6.45, 7) is 9.47. The van der Waals surface area contributed by atoms with Gasteiger partial charge in [0, 0.05) is 29.5 Å². The van der Waals surface area contributed by atoms with E-state index in [2.05, 4.69) is 38.3 Å². The summed E-state index contributed by atoms with van der Waals surface area (Å²) in [6.07, 6.45) is 1.71. The molecule has 0 aromatic rings. The van der Waals surface area contributed by atoms with Gasteiger partial charge in [-0.1, -0.05) is 0 Å². The third-order valence-corrected chi connectivity index (χ3v) is 3.37. The van der Waals surface area contributed by atoms with Gasteiger partial charge in [0.15, 0.2) is 0 Å². The van der Waals surface area contributed by atoms with Crippen molar-refractivity contribution in [3.05, 3.63) is 0 Å². The summed E-state index contributed by atoms with van der Waals surface area (Å²) in [7, 11) is 0. The van der Waals surface area contributed by atoms with E-state index < -0.39 is 6.10 Å². The van der Waals surface area contributed by atoms with Crippen LogP contribution in [-0.2, 0) is 0 Å². The van der Waals surface area contributed by atoms with Crippen LogP contribution in [0.3, 0.4) is 0 Å². The van der Waals surface area contributed by atoms with Crippen LogP contribution in [-0.4, -0.2) is 40.8 Å². The molecule has 1 rings (SSSR count). The van der Waals surface area contributed by atoms with Crippen molar-refractivity contribution >= 4 is 11.6 Å². The summed E-state index contributed by atoms with van der Waals surface area (Å²) >= 11 is 5.58. The fourth-order valence-electron chi connectivity index (χ4n) is 2.82. The average molecular weight is 249 g/mol. The van der Waals surface area contributed by atoms with Crippen molar-refractivity contribution in [2.75, 3.05) is 12.4 Å². The molecule has 0 radical (unpaired) electrons. The molecule has 1 saturated heterocycles. The standard InChI is InChI=1S/C12H25ClN2O/c1-11(2)5-9(6-12(3,4)15-11)14-8-10(16)7-13/h9-10,14-16H,5-8H2,1-4H3. The Morgan fingerprint density at radius 2 is 1.81 bits per heavy atom. The molecule has 4 heteroatoms. The molecule has 1 aliphatic heterocycles. The summed E-state index contributed by atoms with van der Waals surface area (Å²) in [4.78, 5) is 0. The molecule has 3 N–H and O–H groups in total. The molecule has 0 aromatic carbocycles. The van der Waals surface area contributed by atoms with Gasteiger partial charge in [0.2, 0.25) is 0 Å². The Hall–Kier alpha value is 0.170. The quantitative estimate of drug-likeness (QED) is 0.661. The number of piperidine rings is 1. The molecule has 0 spiro atoms. The van der Waals surface area contributed by atoms with E-state index in [0.717, 1.165) is 12.8 Å². The van der Waals surface area contributed by atoms with Crippen molar-refractivity contribution < 1.29 is 5.11 Å². The predicted molar refractivity (Wildman–Crippen MR) is 69.0 cm³/mol. The Morgan fingerprint density at radius 1 is 1.31 bits per heavy atom. The van der Waals surface area contributed by atoms with E-state index in [9.17, 15) is 5.11 Å². The van der Waals surface area contributed by atoms with Crippen LogP contribution in [0.1, 0.15) is 40.5 Å². The molecular formula is C12H25ClN2O. The van der Waals surface area contributed by atoms with E-state index in [1.165, 1.54) is 0 Å². The van der Waals surface area contributed by atoms with Crippen LogP contribution in [0, 0.1) is 0 Å². The number of hydrogen-bond acceptors (Lipinski definition) is 3. The van der Waals surface area contributed by atoms with Crippen LogP contribution >= 0.6 is 11.6 Å². The maximum Gasteiger partial charge on any atom is 0.0799 e. The fraction of sp³-hybridized carbons (Fsp3) is 1.00. The maximum atomic E-state index is 9.44. The van der Waals surface area contributed by atoms with Gasteiger partial charge in [0.1, 0.15) is 0 Å². The number of rotatable bonds is 4. The Bertz CT molecular complexity index is 215. The van der Waals surface area contributed by atoms with Crippen molar-refractivity contribution in [3.63, 3.8) is 0 Å². The first-order chi connectivity index (χ1) is 7.24.